The van der Waals surface area contributed by atoms with Gasteiger partial charge < -0.3 is 14.3 Å². The SMILES string of the molecule is CCC[C@@H](NC(=O)[C@@H](C)Sc1nnc(-c2ccco2)n1C)c1ccccc1. The molecule has 0 spiro atoms. The van der Waals surface area contributed by atoms with Crippen molar-refractivity contribution in [3.05, 3.63) is 54.3 Å². The first-order chi connectivity index (χ1) is 13.1. The summed E-state index contributed by atoms with van der Waals surface area (Å²) in [6.07, 6.45) is 3.50. The van der Waals surface area contributed by atoms with Crippen molar-refractivity contribution in [1.82, 2.24) is 20.1 Å². The van der Waals surface area contributed by atoms with Crippen molar-refractivity contribution in [3.8, 4) is 11.6 Å². The maximum atomic E-state index is 12.7. The smallest absolute Gasteiger partial charge is 0.233 e. The number of furan rings is 1. The van der Waals surface area contributed by atoms with Crippen molar-refractivity contribution in [2.45, 2.75) is 43.1 Å². The Morgan fingerprint density at radius 3 is 2.67 bits per heavy atom. The van der Waals surface area contributed by atoms with Crippen LogP contribution in [0.3, 0.4) is 0 Å². The van der Waals surface area contributed by atoms with Gasteiger partial charge in [-0.1, -0.05) is 55.4 Å². The molecule has 0 radical (unpaired) electrons. The minimum Gasteiger partial charge on any atom is -0.461 e. The molecule has 0 fully saturated rings. The molecule has 2 heterocycles. The Morgan fingerprint density at radius 2 is 2.00 bits per heavy atom. The van der Waals surface area contributed by atoms with E-state index < -0.39 is 0 Å². The molecule has 7 heteroatoms. The number of benzene rings is 1. The molecule has 0 saturated heterocycles. The van der Waals surface area contributed by atoms with Crippen LogP contribution in [0.5, 0.6) is 0 Å². The van der Waals surface area contributed by atoms with Crippen LogP contribution >= 0.6 is 11.8 Å². The van der Waals surface area contributed by atoms with Crippen LogP contribution in [0.1, 0.15) is 38.3 Å². The van der Waals surface area contributed by atoms with E-state index in [1.165, 1.54) is 11.8 Å². The van der Waals surface area contributed by atoms with Gasteiger partial charge in [-0.2, -0.15) is 0 Å². The number of amides is 1. The maximum Gasteiger partial charge on any atom is 0.233 e. The number of carbonyl (C=O) groups is 1. The Balaban J connectivity index is 1.67. The molecule has 3 aromatic rings. The minimum absolute atomic E-state index is 0.00940. The first-order valence-corrected chi connectivity index (χ1v) is 9.93. The van der Waals surface area contributed by atoms with Crippen molar-refractivity contribution in [2.24, 2.45) is 7.05 Å². The second kappa shape index (κ2) is 8.90. The number of aromatic nitrogens is 3. The topological polar surface area (TPSA) is 73.0 Å². The number of carbonyl (C=O) groups excluding carboxylic acids is 1. The second-order valence-corrected chi connectivity index (χ2v) is 7.67. The molecule has 0 bridgehead atoms. The van der Waals surface area contributed by atoms with Gasteiger partial charge in [-0.25, -0.2) is 0 Å². The number of rotatable bonds is 8. The molecule has 1 N–H and O–H groups in total. The fourth-order valence-electron chi connectivity index (χ4n) is 2.83. The summed E-state index contributed by atoms with van der Waals surface area (Å²) in [6.45, 7) is 4.01. The van der Waals surface area contributed by atoms with Crippen LogP contribution in [0.2, 0.25) is 0 Å². The van der Waals surface area contributed by atoms with Gasteiger partial charge in [0, 0.05) is 7.05 Å². The molecule has 0 unspecified atom stereocenters. The number of hydrogen-bond acceptors (Lipinski definition) is 5. The Hall–Kier alpha value is -2.54. The molecule has 1 aromatic carbocycles. The monoisotopic (exact) mass is 384 g/mol. The highest BCUT2D eigenvalue weighted by Crippen LogP contribution is 2.27. The minimum atomic E-state index is -0.291. The average molecular weight is 385 g/mol. The van der Waals surface area contributed by atoms with Crippen LogP contribution in [0.25, 0.3) is 11.6 Å². The lowest BCUT2D eigenvalue weighted by Gasteiger charge is -2.21. The van der Waals surface area contributed by atoms with E-state index in [-0.39, 0.29) is 17.2 Å². The van der Waals surface area contributed by atoms with E-state index >= 15 is 0 Å². The van der Waals surface area contributed by atoms with Crippen LogP contribution in [0.15, 0.2) is 58.3 Å². The van der Waals surface area contributed by atoms with Crippen LogP contribution in [0, 0.1) is 0 Å². The molecular formula is C20H24N4O2S. The quantitative estimate of drug-likeness (QED) is 0.589. The van der Waals surface area contributed by atoms with Gasteiger partial charge in [0.05, 0.1) is 17.6 Å². The summed E-state index contributed by atoms with van der Waals surface area (Å²) in [5.74, 6) is 1.29. The molecule has 142 valence electrons. The Kier molecular flexibility index (Phi) is 6.34. The van der Waals surface area contributed by atoms with Crippen LogP contribution in [-0.4, -0.2) is 25.9 Å². The second-order valence-electron chi connectivity index (χ2n) is 6.36. The standard InChI is InChI=1S/C20H24N4O2S/c1-4-9-16(15-10-6-5-7-11-15)21-19(25)14(2)27-20-23-22-18(24(20)3)17-12-8-13-26-17/h5-8,10-14,16H,4,9H2,1-3H3,(H,21,25)/t14-,16-/m1/s1. The van der Waals surface area contributed by atoms with E-state index in [4.69, 9.17) is 4.42 Å². The van der Waals surface area contributed by atoms with Gasteiger partial charge in [-0.3, -0.25) is 4.79 Å². The van der Waals surface area contributed by atoms with Crippen LogP contribution in [-0.2, 0) is 11.8 Å². The molecule has 27 heavy (non-hydrogen) atoms. The molecule has 0 aliphatic rings. The van der Waals surface area contributed by atoms with E-state index in [9.17, 15) is 4.79 Å². The van der Waals surface area contributed by atoms with Gasteiger partial charge in [-0.15, -0.1) is 10.2 Å². The van der Waals surface area contributed by atoms with Gasteiger partial charge >= 0.3 is 0 Å². The van der Waals surface area contributed by atoms with Gasteiger partial charge in [0.2, 0.25) is 5.91 Å². The summed E-state index contributed by atoms with van der Waals surface area (Å²) in [5, 5.41) is 11.9. The Bertz CT molecular complexity index is 862. The van der Waals surface area contributed by atoms with Gasteiger partial charge in [-0.05, 0) is 31.0 Å². The number of hydrogen-bond donors (Lipinski definition) is 1. The Labute approximate surface area is 163 Å². The zero-order chi connectivity index (χ0) is 19.2. The zero-order valence-corrected chi connectivity index (χ0v) is 16.6. The molecule has 0 aliphatic heterocycles. The summed E-state index contributed by atoms with van der Waals surface area (Å²) in [7, 11) is 1.87. The number of thioether (sulfide) groups is 1. The average Bonchev–Trinajstić information content (AvgIpc) is 3.32. The van der Waals surface area contributed by atoms with Crippen molar-refractivity contribution >= 4 is 17.7 Å². The van der Waals surface area contributed by atoms with E-state index in [1.807, 2.05) is 48.9 Å². The van der Waals surface area contributed by atoms with E-state index in [0.717, 1.165) is 18.4 Å². The van der Waals surface area contributed by atoms with Gasteiger partial charge in [0.15, 0.2) is 16.7 Å². The first kappa shape index (κ1) is 19.2. The summed E-state index contributed by atoms with van der Waals surface area (Å²) in [5.41, 5.74) is 1.13. The summed E-state index contributed by atoms with van der Waals surface area (Å²) >= 11 is 1.39. The fraction of sp³-hybridized carbons (Fsp3) is 0.350. The summed E-state index contributed by atoms with van der Waals surface area (Å²) < 4.78 is 7.22. The fourth-order valence-corrected chi connectivity index (χ4v) is 3.66. The van der Waals surface area contributed by atoms with E-state index in [0.29, 0.717) is 16.7 Å². The third-order valence-corrected chi connectivity index (χ3v) is 5.46. The highest BCUT2D eigenvalue weighted by Gasteiger charge is 2.22. The van der Waals surface area contributed by atoms with Crippen molar-refractivity contribution < 1.29 is 9.21 Å². The van der Waals surface area contributed by atoms with Gasteiger partial charge in [0.1, 0.15) is 0 Å². The predicted molar refractivity (Wildman–Crippen MR) is 106 cm³/mol. The lowest BCUT2D eigenvalue weighted by Crippen LogP contribution is -2.34. The molecule has 3 rings (SSSR count). The van der Waals surface area contributed by atoms with Crippen molar-refractivity contribution in [3.63, 3.8) is 0 Å². The zero-order valence-electron chi connectivity index (χ0n) is 15.8. The molecule has 0 aliphatic carbocycles. The van der Waals surface area contributed by atoms with Crippen molar-refractivity contribution in [2.75, 3.05) is 0 Å². The third kappa shape index (κ3) is 4.60. The highest BCUT2D eigenvalue weighted by atomic mass is 32.2. The normalized spacial score (nSPS) is 13.3. The lowest BCUT2D eigenvalue weighted by molar-refractivity contribution is -0.121. The number of nitrogens with zero attached hydrogens (tertiary/aromatic N) is 3. The number of nitrogens with one attached hydrogen (secondary N) is 1. The third-order valence-electron chi connectivity index (χ3n) is 4.32. The van der Waals surface area contributed by atoms with E-state index in [1.54, 1.807) is 6.26 Å². The summed E-state index contributed by atoms with van der Waals surface area (Å²) in [6, 6.07) is 13.7. The highest BCUT2D eigenvalue weighted by molar-refractivity contribution is 8.00. The lowest BCUT2D eigenvalue weighted by atomic mass is 10.0. The Morgan fingerprint density at radius 1 is 1.22 bits per heavy atom. The molecule has 0 saturated carbocycles. The molecule has 6 nitrogen and oxygen atoms in total. The van der Waals surface area contributed by atoms with E-state index in [2.05, 4.69) is 34.6 Å². The maximum absolute atomic E-state index is 12.7. The van der Waals surface area contributed by atoms with Crippen molar-refractivity contribution in [1.29, 1.82) is 0 Å². The van der Waals surface area contributed by atoms with Crippen LogP contribution < -0.4 is 5.32 Å². The first-order valence-electron chi connectivity index (χ1n) is 9.05. The molecule has 2 atom stereocenters. The summed E-state index contributed by atoms with van der Waals surface area (Å²) in [4.78, 5) is 12.7. The van der Waals surface area contributed by atoms with Gasteiger partial charge in [0.25, 0.3) is 0 Å². The molecular weight excluding hydrogens is 360 g/mol. The predicted octanol–water partition coefficient (Wildman–Crippen LogP) is 4.21. The molecule has 1 amide bonds. The largest absolute Gasteiger partial charge is 0.461 e. The van der Waals surface area contributed by atoms with Crippen LogP contribution in [0.4, 0.5) is 0 Å². The molecule has 2 aromatic heterocycles.